The van der Waals surface area contributed by atoms with E-state index >= 15 is 0 Å². The molecule has 1 heterocycles. The predicted octanol–water partition coefficient (Wildman–Crippen LogP) is 1.13. The molecule has 0 saturated carbocycles. The lowest BCUT2D eigenvalue weighted by atomic mass is 10.0. The van der Waals surface area contributed by atoms with Gasteiger partial charge in [-0.3, -0.25) is 14.5 Å². The standard InChI is InChI=1S/C18H25BrN2O5/c1-10(2)15(20-16(23)11-4-6-12(19)7-5-11)17(24)21-9-13(22)8-14(21)18(25)26-3/h4-7,10,13-15,17,22,24H,8-9H2,1-3H3,(H,20,23)/t13-,14+,15+,17?/m1/s1. The molecule has 0 aromatic heterocycles. The van der Waals surface area contributed by atoms with Gasteiger partial charge in [-0.05, 0) is 30.2 Å². The SMILES string of the molecule is COC(=O)[C@@H]1C[C@@H](O)CN1C(O)[C@@H](NC(=O)c1ccc(Br)cc1)C(C)C. The van der Waals surface area contributed by atoms with E-state index in [-0.39, 0.29) is 24.8 Å². The molecule has 1 fully saturated rings. The van der Waals surface area contributed by atoms with E-state index in [1.165, 1.54) is 12.0 Å². The van der Waals surface area contributed by atoms with E-state index in [9.17, 15) is 19.8 Å². The number of likely N-dealkylation sites (tertiary alicyclic amines) is 1. The summed E-state index contributed by atoms with van der Waals surface area (Å²) in [5.74, 6) is -0.924. The van der Waals surface area contributed by atoms with Gasteiger partial charge in [0, 0.05) is 23.0 Å². The minimum Gasteiger partial charge on any atom is -0.468 e. The minimum absolute atomic E-state index is 0.0968. The molecular weight excluding hydrogens is 404 g/mol. The number of aliphatic hydroxyl groups excluding tert-OH is 2. The molecular formula is C18H25BrN2O5. The van der Waals surface area contributed by atoms with Crippen LogP contribution in [0.1, 0.15) is 30.6 Å². The molecule has 1 saturated heterocycles. The van der Waals surface area contributed by atoms with Crippen LogP contribution in [0.5, 0.6) is 0 Å². The van der Waals surface area contributed by atoms with Crippen LogP contribution in [0.25, 0.3) is 0 Å². The quantitative estimate of drug-likeness (QED) is 0.587. The average Bonchev–Trinajstić information content (AvgIpc) is 3.00. The van der Waals surface area contributed by atoms with Crippen molar-refractivity contribution < 1.29 is 24.5 Å². The molecule has 1 amide bonds. The Morgan fingerprint density at radius 1 is 1.31 bits per heavy atom. The number of rotatable bonds is 6. The number of β-amino-alcohol motifs (C(OH)–C–C–N with tert-alkyl or cyclic N) is 1. The van der Waals surface area contributed by atoms with Gasteiger partial charge >= 0.3 is 5.97 Å². The zero-order valence-corrected chi connectivity index (χ0v) is 16.6. The second kappa shape index (κ2) is 8.94. The first-order valence-corrected chi connectivity index (χ1v) is 9.30. The summed E-state index contributed by atoms with van der Waals surface area (Å²) in [5.41, 5.74) is 0.469. The Kier molecular flexibility index (Phi) is 7.16. The number of amides is 1. The molecule has 4 atom stereocenters. The van der Waals surface area contributed by atoms with E-state index in [1.54, 1.807) is 24.3 Å². The molecule has 1 aliphatic heterocycles. The van der Waals surface area contributed by atoms with Gasteiger partial charge < -0.3 is 20.3 Å². The number of ether oxygens (including phenoxy) is 1. The van der Waals surface area contributed by atoms with Gasteiger partial charge in [-0.15, -0.1) is 0 Å². The highest BCUT2D eigenvalue weighted by atomic mass is 79.9. The molecule has 0 radical (unpaired) electrons. The molecule has 0 bridgehead atoms. The minimum atomic E-state index is -1.13. The summed E-state index contributed by atoms with van der Waals surface area (Å²) in [4.78, 5) is 26.0. The van der Waals surface area contributed by atoms with Crippen molar-refractivity contribution in [3.05, 3.63) is 34.3 Å². The fraction of sp³-hybridized carbons (Fsp3) is 0.556. The number of hydrogen-bond donors (Lipinski definition) is 3. The normalized spacial score (nSPS) is 22.9. The third kappa shape index (κ3) is 4.82. The van der Waals surface area contributed by atoms with Crippen LogP contribution in [0.2, 0.25) is 0 Å². The maximum absolute atomic E-state index is 12.5. The molecule has 7 nitrogen and oxygen atoms in total. The van der Waals surface area contributed by atoms with Crippen LogP contribution in [-0.4, -0.2) is 65.1 Å². The zero-order valence-electron chi connectivity index (χ0n) is 15.1. The summed E-state index contributed by atoms with van der Waals surface area (Å²) >= 11 is 3.32. The molecule has 3 N–H and O–H groups in total. The Hall–Kier alpha value is -1.48. The molecule has 0 aliphatic carbocycles. The maximum Gasteiger partial charge on any atom is 0.323 e. The number of halogens is 1. The van der Waals surface area contributed by atoms with Gasteiger partial charge in [-0.1, -0.05) is 29.8 Å². The van der Waals surface area contributed by atoms with E-state index in [0.717, 1.165) is 4.47 Å². The monoisotopic (exact) mass is 428 g/mol. The fourth-order valence-electron chi connectivity index (χ4n) is 3.13. The van der Waals surface area contributed by atoms with Crippen LogP contribution in [0.4, 0.5) is 0 Å². The molecule has 1 aliphatic rings. The lowest BCUT2D eigenvalue weighted by Gasteiger charge is -2.35. The van der Waals surface area contributed by atoms with E-state index in [1.807, 2.05) is 13.8 Å². The number of carbonyl (C=O) groups excluding carboxylic acids is 2. The van der Waals surface area contributed by atoms with Crippen LogP contribution in [-0.2, 0) is 9.53 Å². The Balaban J connectivity index is 2.16. The fourth-order valence-corrected chi connectivity index (χ4v) is 3.39. The summed E-state index contributed by atoms with van der Waals surface area (Å²) in [6, 6.07) is 5.53. The number of nitrogens with zero attached hydrogens (tertiary/aromatic N) is 1. The molecule has 1 unspecified atom stereocenters. The average molecular weight is 429 g/mol. The van der Waals surface area contributed by atoms with Crippen molar-refractivity contribution in [1.29, 1.82) is 0 Å². The van der Waals surface area contributed by atoms with Gasteiger partial charge in [-0.25, -0.2) is 0 Å². The molecule has 1 aromatic carbocycles. The van der Waals surface area contributed by atoms with Crippen LogP contribution in [0.15, 0.2) is 28.7 Å². The van der Waals surface area contributed by atoms with Gasteiger partial charge in [-0.2, -0.15) is 0 Å². The van der Waals surface area contributed by atoms with Gasteiger partial charge in [0.2, 0.25) is 0 Å². The predicted molar refractivity (Wildman–Crippen MR) is 99.4 cm³/mol. The van der Waals surface area contributed by atoms with Crippen molar-refractivity contribution in [1.82, 2.24) is 10.2 Å². The second-order valence-corrected chi connectivity index (χ2v) is 7.70. The second-order valence-electron chi connectivity index (χ2n) is 6.79. The van der Waals surface area contributed by atoms with Crippen molar-refractivity contribution in [2.24, 2.45) is 5.92 Å². The first-order valence-electron chi connectivity index (χ1n) is 8.50. The third-order valence-corrected chi connectivity index (χ3v) is 5.10. The molecule has 2 rings (SSSR count). The smallest absolute Gasteiger partial charge is 0.323 e. The third-order valence-electron chi connectivity index (χ3n) is 4.57. The Morgan fingerprint density at radius 2 is 1.92 bits per heavy atom. The first kappa shape index (κ1) is 20.8. The lowest BCUT2D eigenvalue weighted by molar-refractivity contribution is -0.151. The number of nitrogens with one attached hydrogen (secondary N) is 1. The number of aliphatic hydroxyl groups is 2. The van der Waals surface area contributed by atoms with E-state index < -0.39 is 30.4 Å². The van der Waals surface area contributed by atoms with E-state index in [0.29, 0.717) is 5.56 Å². The van der Waals surface area contributed by atoms with Crippen LogP contribution >= 0.6 is 15.9 Å². The summed E-state index contributed by atoms with van der Waals surface area (Å²) in [6.45, 7) is 3.88. The summed E-state index contributed by atoms with van der Waals surface area (Å²) < 4.78 is 5.63. The Morgan fingerprint density at radius 3 is 2.46 bits per heavy atom. The first-order chi connectivity index (χ1) is 12.2. The number of benzene rings is 1. The van der Waals surface area contributed by atoms with Crippen molar-refractivity contribution in [2.75, 3.05) is 13.7 Å². The highest BCUT2D eigenvalue weighted by Crippen LogP contribution is 2.24. The number of esters is 1. The molecule has 1 aromatic rings. The van der Waals surface area contributed by atoms with Crippen molar-refractivity contribution in [3.63, 3.8) is 0 Å². The number of hydrogen-bond acceptors (Lipinski definition) is 6. The van der Waals surface area contributed by atoms with Gasteiger partial charge in [0.05, 0.1) is 19.3 Å². The van der Waals surface area contributed by atoms with E-state index in [2.05, 4.69) is 21.2 Å². The van der Waals surface area contributed by atoms with Crippen LogP contribution < -0.4 is 5.32 Å². The van der Waals surface area contributed by atoms with Gasteiger partial charge in [0.25, 0.3) is 5.91 Å². The molecule has 8 heteroatoms. The molecule has 144 valence electrons. The number of methoxy groups -OCH3 is 1. The topological polar surface area (TPSA) is 99.1 Å². The maximum atomic E-state index is 12.5. The largest absolute Gasteiger partial charge is 0.468 e. The van der Waals surface area contributed by atoms with Crippen molar-refractivity contribution in [2.45, 2.75) is 44.7 Å². The van der Waals surface area contributed by atoms with Crippen molar-refractivity contribution >= 4 is 27.8 Å². The molecule has 0 spiro atoms. The van der Waals surface area contributed by atoms with Gasteiger partial charge in [0.15, 0.2) is 0 Å². The van der Waals surface area contributed by atoms with Crippen LogP contribution in [0, 0.1) is 5.92 Å². The van der Waals surface area contributed by atoms with Gasteiger partial charge in [0.1, 0.15) is 12.3 Å². The summed E-state index contributed by atoms with van der Waals surface area (Å²) in [7, 11) is 1.27. The Labute approximate surface area is 161 Å². The highest BCUT2D eigenvalue weighted by Gasteiger charge is 2.43. The van der Waals surface area contributed by atoms with Crippen molar-refractivity contribution in [3.8, 4) is 0 Å². The number of carbonyl (C=O) groups is 2. The van der Waals surface area contributed by atoms with E-state index in [4.69, 9.17) is 4.74 Å². The zero-order chi connectivity index (χ0) is 19.4. The lowest BCUT2D eigenvalue weighted by Crippen LogP contribution is -2.57. The highest BCUT2D eigenvalue weighted by molar-refractivity contribution is 9.10. The molecule has 26 heavy (non-hydrogen) atoms. The Bertz CT molecular complexity index is 637. The summed E-state index contributed by atoms with van der Waals surface area (Å²) in [5, 5.41) is 23.6. The van der Waals surface area contributed by atoms with Crippen LogP contribution in [0.3, 0.4) is 0 Å². The summed E-state index contributed by atoms with van der Waals surface area (Å²) in [6.07, 6.45) is -1.67.